The van der Waals surface area contributed by atoms with Gasteiger partial charge in [-0.1, -0.05) is 19.1 Å². The van der Waals surface area contributed by atoms with Crippen molar-refractivity contribution in [2.75, 3.05) is 12.4 Å². The minimum absolute atomic E-state index is 0.137. The molecule has 0 aliphatic carbocycles. The second kappa shape index (κ2) is 9.58. The first-order valence-electron chi connectivity index (χ1n) is 8.28. The number of hydrogen-bond acceptors (Lipinski definition) is 4. The lowest BCUT2D eigenvalue weighted by molar-refractivity contribution is -0.124. The van der Waals surface area contributed by atoms with Gasteiger partial charge in [-0.2, -0.15) is 5.10 Å². The maximum absolute atomic E-state index is 11.9. The summed E-state index contributed by atoms with van der Waals surface area (Å²) in [5, 5.41) is 12.5. The number of carbonyl (C=O) groups excluding carboxylic acids is 2. The van der Waals surface area contributed by atoms with Crippen LogP contribution in [0.3, 0.4) is 0 Å². The summed E-state index contributed by atoms with van der Waals surface area (Å²) in [5.74, 6) is -0.354. The highest BCUT2D eigenvalue weighted by Gasteiger charge is 2.08. The summed E-state index contributed by atoms with van der Waals surface area (Å²) in [6.07, 6.45) is 1.18. The number of H-pyrrole nitrogens is 1. The highest BCUT2D eigenvalue weighted by atomic mass is 16.5. The van der Waals surface area contributed by atoms with Crippen LogP contribution in [0.5, 0.6) is 0 Å². The zero-order chi connectivity index (χ0) is 18.1. The maximum atomic E-state index is 11.9. The van der Waals surface area contributed by atoms with E-state index in [2.05, 4.69) is 27.8 Å². The standard InChI is InChI=1S/C18H24N4O3/c1-3-13-5-4-6-14(9-13)20-18(24)8-7-17(23)19-11-15-10-16(12-25-2)22-21-15/h4-6,9-10H,3,7-8,11-12H2,1-2H3,(H,19,23)(H,20,24)(H,21,22). The van der Waals surface area contributed by atoms with Gasteiger partial charge in [0.05, 0.1) is 24.5 Å². The van der Waals surface area contributed by atoms with Gasteiger partial charge >= 0.3 is 0 Å². The lowest BCUT2D eigenvalue weighted by atomic mass is 10.1. The van der Waals surface area contributed by atoms with Crippen LogP contribution in [0.2, 0.25) is 0 Å². The highest BCUT2D eigenvalue weighted by molar-refractivity contribution is 5.93. The highest BCUT2D eigenvalue weighted by Crippen LogP contribution is 2.11. The van der Waals surface area contributed by atoms with Gasteiger partial charge in [-0.3, -0.25) is 14.7 Å². The van der Waals surface area contributed by atoms with Crippen molar-refractivity contribution in [2.24, 2.45) is 0 Å². The van der Waals surface area contributed by atoms with Crippen molar-refractivity contribution in [3.8, 4) is 0 Å². The van der Waals surface area contributed by atoms with E-state index in [9.17, 15) is 9.59 Å². The first kappa shape index (κ1) is 18.7. The van der Waals surface area contributed by atoms with Gasteiger partial charge in [-0.15, -0.1) is 0 Å². The molecule has 0 radical (unpaired) electrons. The van der Waals surface area contributed by atoms with E-state index in [-0.39, 0.29) is 24.7 Å². The number of hydrogen-bond donors (Lipinski definition) is 3. The second-order valence-electron chi connectivity index (χ2n) is 5.70. The van der Waals surface area contributed by atoms with E-state index in [1.54, 1.807) is 7.11 Å². The van der Waals surface area contributed by atoms with Crippen molar-refractivity contribution in [3.63, 3.8) is 0 Å². The van der Waals surface area contributed by atoms with Gasteiger partial charge in [0, 0.05) is 25.6 Å². The molecule has 0 aliphatic rings. The normalized spacial score (nSPS) is 10.5. The molecule has 2 rings (SSSR count). The molecule has 1 aromatic heterocycles. The number of benzene rings is 1. The first-order chi connectivity index (χ1) is 12.1. The Morgan fingerprint density at radius 3 is 2.76 bits per heavy atom. The predicted molar refractivity (Wildman–Crippen MR) is 94.8 cm³/mol. The molecule has 25 heavy (non-hydrogen) atoms. The van der Waals surface area contributed by atoms with E-state index in [0.29, 0.717) is 13.2 Å². The van der Waals surface area contributed by atoms with E-state index < -0.39 is 0 Å². The maximum Gasteiger partial charge on any atom is 0.224 e. The summed E-state index contributed by atoms with van der Waals surface area (Å²) in [5.41, 5.74) is 3.48. The van der Waals surface area contributed by atoms with Crippen molar-refractivity contribution >= 4 is 17.5 Å². The summed E-state index contributed by atoms with van der Waals surface area (Å²) >= 11 is 0. The fraction of sp³-hybridized carbons (Fsp3) is 0.389. The predicted octanol–water partition coefficient (Wildman–Crippen LogP) is 2.15. The Morgan fingerprint density at radius 1 is 1.20 bits per heavy atom. The average Bonchev–Trinajstić information content (AvgIpc) is 3.06. The molecule has 7 heteroatoms. The quantitative estimate of drug-likeness (QED) is 0.649. The Kier molecular flexibility index (Phi) is 7.16. The molecule has 0 spiro atoms. The fourth-order valence-electron chi connectivity index (χ4n) is 2.32. The number of methoxy groups -OCH3 is 1. The van der Waals surface area contributed by atoms with E-state index in [4.69, 9.17) is 4.74 Å². The van der Waals surface area contributed by atoms with Crippen LogP contribution < -0.4 is 10.6 Å². The number of nitrogens with one attached hydrogen (secondary N) is 3. The van der Waals surface area contributed by atoms with Crippen molar-refractivity contribution in [1.82, 2.24) is 15.5 Å². The molecule has 0 aliphatic heterocycles. The van der Waals surface area contributed by atoms with Crippen LogP contribution in [0.4, 0.5) is 5.69 Å². The molecule has 0 saturated carbocycles. The number of aryl methyl sites for hydroxylation is 1. The second-order valence-corrected chi connectivity index (χ2v) is 5.70. The molecular weight excluding hydrogens is 320 g/mol. The molecule has 2 aromatic rings. The van der Waals surface area contributed by atoms with Crippen LogP contribution in [0.15, 0.2) is 30.3 Å². The summed E-state index contributed by atoms with van der Waals surface area (Å²) < 4.78 is 4.98. The van der Waals surface area contributed by atoms with Gasteiger partial charge in [-0.25, -0.2) is 0 Å². The van der Waals surface area contributed by atoms with E-state index >= 15 is 0 Å². The van der Waals surface area contributed by atoms with Crippen LogP contribution in [-0.4, -0.2) is 29.1 Å². The molecule has 134 valence electrons. The number of ether oxygens (including phenoxy) is 1. The Labute approximate surface area is 147 Å². The largest absolute Gasteiger partial charge is 0.378 e. The average molecular weight is 344 g/mol. The molecule has 0 atom stereocenters. The van der Waals surface area contributed by atoms with Crippen LogP contribution in [0.25, 0.3) is 0 Å². The SMILES string of the molecule is CCc1cccc(NC(=O)CCC(=O)NCc2cc(COC)n[nH]2)c1. The van der Waals surface area contributed by atoms with Gasteiger partial charge in [0.15, 0.2) is 0 Å². The lowest BCUT2D eigenvalue weighted by Gasteiger charge is -2.07. The number of anilines is 1. The third-order valence-electron chi connectivity index (χ3n) is 3.65. The molecule has 2 amide bonds. The Morgan fingerprint density at radius 2 is 2.00 bits per heavy atom. The summed E-state index contributed by atoms with van der Waals surface area (Å²) in [7, 11) is 1.60. The number of rotatable bonds is 9. The summed E-state index contributed by atoms with van der Waals surface area (Å²) in [6.45, 7) is 2.82. The number of aromatic nitrogens is 2. The van der Waals surface area contributed by atoms with Crippen LogP contribution in [0, 0.1) is 0 Å². The zero-order valence-corrected chi connectivity index (χ0v) is 14.6. The van der Waals surface area contributed by atoms with Crippen molar-refractivity contribution in [1.29, 1.82) is 0 Å². The number of amides is 2. The van der Waals surface area contributed by atoms with E-state index in [0.717, 1.165) is 29.1 Å². The molecule has 7 nitrogen and oxygen atoms in total. The van der Waals surface area contributed by atoms with Crippen molar-refractivity contribution in [2.45, 2.75) is 39.3 Å². The molecule has 0 unspecified atom stereocenters. The van der Waals surface area contributed by atoms with Gasteiger partial charge in [0.1, 0.15) is 0 Å². The molecule has 1 heterocycles. The number of nitrogens with zero attached hydrogens (tertiary/aromatic N) is 1. The third kappa shape index (κ3) is 6.39. The number of aromatic amines is 1. The summed E-state index contributed by atoms with van der Waals surface area (Å²) in [4.78, 5) is 23.8. The molecule has 0 saturated heterocycles. The Balaban J connectivity index is 1.70. The van der Waals surface area contributed by atoms with E-state index in [1.165, 1.54) is 0 Å². The molecule has 3 N–H and O–H groups in total. The van der Waals surface area contributed by atoms with Crippen LogP contribution >= 0.6 is 0 Å². The van der Waals surface area contributed by atoms with Crippen molar-refractivity contribution < 1.29 is 14.3 Å². The first-order valence-corrected chi connectivity index (χ1v) is 8.28. The number of carbonyl (C=O) groups is 2. The van der Waals surface area contributed by atoms with Crippen molar-refractivity contribution in [3.05, 3.63) is 47.3 Å². The minimum Gasteiger partial charge on any atom is -0.378 e. The minimum atomic E-state index is -0.180. The van der Waals surface area contributed by atoms with Crippen LogP contribution in [-0.2, 0) is 33.9 Å². The van der Waals surface area contributed by atoms with Gasteiger partial charge in [0.2, 0.25) is 11.8 Å². The smallest absolute Gasteiger partial charge is 0.224 e. The topological polar surface area (TPSA) is 96.1 Å². The van der Waals surface area contributed by atoms with Gasteiger partial charge in [-0.05, 0) is 30.2 Å². The monoisotopic (exact) mass is 344 g/mol. The Bertz CT molecular complexity index is 712. The summed E-state index contributed by atoms with van der Waals surface area (Å²) in [6, 6.07) is 9.53. The van der Waals surface area contributed by atoms with E-state index in [1.807, 2.05) is 30.3 Å². The van der Waals surface area contributed by atoms with Gasteiger partial charge < -0.3 is 15.4 Å². The molecule has 0 bridgehead atoms. The molecule has 1 aromatic carbocycles. The van der Waals surface area contributed by atoms with Gasteiger partial charge in [0.25, 0.3) is 0 Å². The lowest BCUT2D eigenvalue weighted by Crippen LogP contribution is -2.24. The third-order valence-corrected chi connectivity index (χ3v) is 3.65. The van der Waals surface area contributed by atoms with Crippen LogP contribution in [0.1, 0.15) is 36.7 Å². The Hall–Kier alpha value is -2.67. The zero-order valence-electron chi connectivity index (χ0n) is 14.6. The molecular formula is C18H24N4O3. The molecule has 0 fully saturated rings. The fourth-order valence-corrected chi connectivity index (χ4v) is 2.32.